The molecule has 1 aromatic heterocycles. The predicted molar refractivity (Wildman–Crippen MR) is 209 cm³/mol. The van der Waals surface area contributed by atoms with E-state index in [0.717, 1.165) is 10.2 Å². The maximum atomic E-state index is 13.9. The third-order valence-electron chi connectivity index (χ3n) is 8.39. The lowest BCUT2D eigenvalue weighted by molar-refractivity contribution is -0.115. The van der Waals surface area contributed by atoms with E-state index >= 15 is 0 Å². The van der Waals surface area contributed by atoms with Crippen LogP contribution in [0, 0.1) is 0 Å². The third-order valence-corrected chi connectivity index (χ3v) is 11.8. The molecule has 5 aromatic carbocycles. The Bertz CT molecular complexity index is 2480. The van der Waals surface area contributed by atoms with Gasteiger partial charge in [0.05, 0.1) is 44.4 Å². The second kappa shape index (κ2) is 14.7. The number of hydrogen-bond donors (Lipinski definition) is 2. The van der Waals surface area contributed by atoms with Crippen LogP contribution in [0.25, 0.3) is 10.9 Å². The van der Waals surface area contributed by atoms with E-state index in [2.05, 4.69) is 10.1 Å². The Morgan fingerprint density at radius 1 is 0.885 bits per heavy atom. The Labute approximate surface area is 318 Å². The van der Waals surface area contributed by atoms with E-state index in [0.29, 0.717) is 49.0 Å². The molecule has 0 aliphatic carbocycles. The number of rotatable bonds is 10. The molecular weight excluding hydrogens is 765 g/mol. The van der Waals surface area contributed by atoms with Crippen molar-refractivity contribution in [3.05, 3.63) is 152 Å². The quantitative estimate of drug-likeness (QED) is 0.142. The highest BCUT2D eigenvalue weighted by Gasteiger charge is 2.34. The maximum absolute atomic E-state index is 13.9. The first-order chi connectivity index (χ1) is 25.0. The standard InChI is InChI=1S/C37H28Cl3N5O5S2/c1-50-26-14-9-22(10-15-26)37-44(34(46)21-51-37)25-12-16-27(17-13-25)52(48,49)43-45-33(41-32-20-24(38)11-18-28(32)36(45)47)19-23-5-2-3-8-31(23)42-35-29(39)6-4-7-30(35)40/h2-18,20,37,42-43H,19,21H2,1H3. The summed E-state index contributed by atoms with van der Waals surface area (Å²) in [6.07, 6.45) is 0.0197. The van der Waals surface area contributed by atoms with Crippen LogP contribution in [0.4, 0.5) is 17.1 Å². The molecule has 7 rings (SSSR count). The number of fused-ring (bicyclic) bond motifs is 1. The van der Waals surface area contributed by atoms with Gasteiger partial charge in [0.2, 0.25) is 5.91 Å². The molecule has 2 N–H and O–H groups in total. The molecule has 15 heteroatoms. The molecule has 10 nitrogen and oxygen atoms in total. The zero-order valence-corrected chi connectivity index (χ0v) is 31.1. The number of halogens is 3. The van der Waals surface area contributed by atoms with Gasteiger partial charge >= 0.3 is 0 Å². The average molecular weight is 793 g/mol. The molecule has 52 heavy (non-hydrogen) atoms. The van der Waals surface area contributed by atoms with Crippen LogP contribution in [-0.4, -0.2) is 36.8 Å². The number of nitrogens with zero attached hydrogens (tertiary/aromatic N) is 3. The van der Waals surface area contributed by atoms with Gasteiger partial charge in [-0.3, -0.25) is 14.5 Å². The minimum absolute atomic E-state index is 0.0197. The number of ether oxygens (including phenoxy) is 1. The lowest BCUT2D eigenvalue weighted by atomic mass is 10.1. The summed E-state index contributed by atoms with van der Waals surface area (Å²) in [4.78, 5) is 35.6. The number of methoxy groups -OCH3 is 1. The van der Waals surface area contributed by atoms with E-state index in [1.807, 2.05) is 48.5 Å². The minimum atomic E-state index is -4.35. The van der Waals surface area contributed by atoms with Gasteiger partial charge in [-0.2, -0.15) is 13.1 Å². The topological polar surface area (TPSA) is 123 Å². The number of hydrogen-bond acceptors (Lipinski definition) is 8. The third kappa shape index (κ3) is 7.17. The first-order valence-corrected chi connectivity index (χ1v) is 19.4. The first kappa shape index (κ1) is 35.7. The lowest BCUT2D eigenvalue weighted by Gasteiger charge is -2.24. The summed E-state index contributed by atoms with van der Waals surface area (Å²) in [6.45, 7) is 0. The van der Waals surface area contributed by atoms with Gasteiger partial charge in [0.15, 0.2) is 0 Å². The Morgan fingerprint density at radius 3 is 2.31 bits per heavy atom. The van der Waals surface area contributed by atoms with Crippen molar-refractivity contribution in [2.75, 3.05) is 27.9 Å². The fourth-order valence-corrected chi connectivity index (χ4v) is 8.68. The number of anilines is 3. The molecule has 2 heterocycles. The number of thioether (sulfide) groups is 1. The number of carbonyl (C=O) groups is 1. The summed E-state index contributed by atoms with van der Waals surface area (Å²) in [7, 11) is -2.77. The molecule has 1 aliphatic rings. The van der Waals surface area contributed by atoms with Gasteiger partial charge in [-0.05, 0) is 83.9 Å². The van der Waals surface area contributed by atoms with Crippen LogP contribution in [0.15, 0.2) is 119 Å². The fraction of sp³-hybridized carbons (Fsp3) is 0.108. The van der Waals surface area contributed by atoms with E-state index in [9.17, 15) is 18.0 Å². The SMILES string of the molecule is COc1ccc(C2SCC(=O)N2c2ccc(S(=O)(=O)Nn3c(Cc4ccccc4Nc4c(Cl)cccc4Cl)nc4cc(Cl)ccc4c3=O)cc2)cc1. The van der Waals surface area contributed by atoms with Crippen molar-refractivity contribution in [1.29, 1.82) is 0 Å². The van der Waals surface area contributed by atoms with Crippen molar-refractivity contribution in [2.24, 2.45) is 0 Å². The van der Waals surface area contributed by atoms with Gasteiger partial charge in [0.25, 0.3) is 15.6 Å². The van der Waals surface area contributed by atoms with E-state index in [-0.39, 0.29) is 39.6 Å². The van der Waals surface area contributed by atoms with Gasteiger partial charge in [0.1, 0.15) is 16.9 Å². The molecule has 1 saturated heterocycles. The van der Waals surface area contributed by atoms with Crippen LogP contribution in [0.2, 0.25) is 15.1 Å². The zero-order chi connectivity index (χ0) is 36.6. The van der Waals surface area contributed by atoms with Gasteiger partial charge in [-0.15, -0.1) is 11.8 Å². The second-order valence-corrected chi connectivity index (χ2v) is 15.7. The van der Waals surface area contributed by atoms with E-state index in [1.165, 1.54) is 36.0 Å². The van der Waals surface area contributed by atoms with Crippen molar-refractivity contribution in [1.82, 2.24) is 9.66 Å². The second-order valence-electron chi connectivity index (χ2n) is 11.7. The summed E-state index contributed by atoms with van der Waals surface area (Å²) in [5, 5.41) is 4.29. The highest BCUT2D eigenvalue weighted by molar-refractivity contribution is 8.00. The Kier molecular flexibility index (Phi) is 10.1. The van der Waals surface area contributed by atoms with Gasteiger partial charge in [-0.25, -0.2) is 9.82 Å². The maximum Gasteiger partial charge on any atom is 0.280 e. The number of benzene rings is 5. The van der Waals surface area contributed by atoms with E-state index in [4.69, 9.17) is 44.5 Å². The van der Waals surface area contributed by atoms with Crippen LogP contribution >= 0.6 is 46.6 Å². The summed E-state index contributed by atoms with van der Waals surface area (Å²) >= 11 is 20.6. The molecule has 1 aliphatic heterocycles. The number of amides is 1. The monoisotopic (exact) mass is 791 g/mol. The predicted octanol–water partition coefficient (Wildman–Crippen LogP) is 8.41. The number of carbonyl (C=O) groups excluding carboxylic acids is 1. The molecule has 0 saturated carbocycles. The molecule has 264 valence electrons. The van der Waals surface area contributed by atoms with Crippen molar-refractivity contribution < 1.29 is 17.9 Å². The van der Waals surface area contributed by atoms with Crippen LogP contribution < -0.4 is 25.3 Å². The Hall–Kier alpha value is -4.72. The number of sulfonamides is 1. The highest BCUT2D eigenvalue weighted by Crippen LogP contribution is 2.42. The van der Waals surface area contributed by atoms with Crippen LogP contribution in [0.1, 0.15) is 22.3 Å². The summed E-state index contributed by atoms with van der Waals surface area (Å²) in [5.41, 5.74) is 2.86. The van der Waals surface area contributed by atoms with E-state index < -0.39 is 15.6 Å². The number of nitrogens with one attached hydrogen (secondary N) is 2. The van der Waals surface area contributed by atoms with Crippen LogP contribution in [0.5, 0.6) is 5.75 Å². The molecule has 1 atom stereocenters. The largest absolute Gasteiger partial charge is 0.497 e. The molecule has 1 unspecified atom stereocenters. The Morgan fingerprint density at radius 2 is 1.60 bits per heavy atom. The molecule has 0 spiro atoms. The number of para-hydroxylation sites is 2. The minimum Gasteiger partial charge on any atom is -0.497 e. The summed E-state index contributed by atoms with van der Waals surface area (Å²) in [6, 6.07) is 30.3. The summed E-state index contributed by atoms with van der Waals surface area (Å²) < 4.78 is 34.0. The number of aromatic nitrogens is 2. The van der Waals surface area contributed by atoms with Gasteiger partial charge in [-0.1, -0.05) is 71.2 Å². The smallest absolute Gasteiger partial charge is 0.280 e. The molecule has 1 amide bonds. The van der Waals surface area contributed by atoms with Crippen molar-refractivity contribution in [3.63, 3.8) is 0 Å². The van der Waals surface area contributed by atoms with Crippen molar-refractivity contribution >= 4 is 90.5 Å². The van der Waals surface area contributed by atoms with Crippen molar-refractivity contribution in [3.8, 4) is 5.75 Å². The van der Waals surface area contributed by atoms with Crippen molar-refractivity contribution in [2.45, 2.75) is 16.7 Å². The molecular formula is C37H28Cl3N5O5S2. The summed E-state index contributed by atoms with van der Waals surface area (Å²) in [5.74, 6) is 0.960. The molecule has 0 bridgehead atoms. The molecule has 1 fully saturated rings. The zero-order valence-electron chi connectivity index (χ0n) is 27.2. The average Bonchev–Trinajstić information content (AvgIpc) is 3.53. The lowest BCUT2D eigenvalue weighted by Crippen LogP contribution is -2.36. The Balaban J connectivity index is 1.22. The highest BCUT2D eigenvalue weighted by atomic mass is 35.5. The molecule has 0 radical (unpaired) electrons. The van der Waals surface area contributed by atoms with Crippen LogP contribution in [-0.2, 0) is 21.2 Å². The first-order valence-electron chi connectivity index (χ1n) is 15.7. The van der Waals surface area contributed by atoms with Crippen LogP contribution in [0.3, 0.4) is 0 Å². The molecule has 6 aromatic rings. The fourth-order valence-electron chi connectivity index (χ4n) is 5.81. The van der Waals surface area contributed by atoms with Gasteiger partial charge in [0, 0.05) is 22.8 Å². The van der Waals surface area contributed by atoms with Gasteiger partial charge < -0.3 is 10.1 Å². The normalized spacial score (nSPS) is 14.5. The van der Waals surface area contributed by atoms with E-state index in [1.54, 1.807) is 48.4 Å².